The topological polar surface area (TPSA) is 12.0 Å². The minimum atomic E-state index is -0.138. The molecule has 17 heavy (non-hydrogen) atoms. The van der Waals surface area contributed by atoms with E-state index in [1.54, 1.807) is 12.1 Å². The first kappa shape index (κ1) is 14.2. The zero-order valence-corrected chi connectivity index (χ0v) is 11.4. The van der Waals surface area contributed by atoms with Gasteiger partial charge in [0, 0.05) is 5.54 Å². The molecule has 1 N–H and O–H groups in total. The Hall–Kier alpha value is -0.890. The van der Waals surface area contributed by atoms with Crippen molar-refractivity contribution in [1.29, 1.82) is 0 Å². The second kappa shape index (κ2) is 6.15. The maximum absolute atomic E-state index is 12.9. The van der Waals surface area contributed by atoms with Crippen LogP contribution < -0.4 is 5.32 Å². The summed E-state index contributed by atoms with van der Waals surface area (Å²) < 4.78 is 12.9. The van der Waals surface area contributed by atoms with E-state index in [1.807, 2.05) is 13.0 Å². The molecule has 0 spiro atoms. The first-order valence-corrected chi connectivity index (χ1v) is 6.38. The van der Waals surface area contributed by atoms with Crippen LogP contribution in [0.3, 0.4) is 0 Å². The van der Waals surface area contributed by atoms with E-state index in [1.165, 1.54) is 5.56 Å². The SMILES string of the molecule is Cc1cc(F)ccc1CCCCNC(C)(C)C. The Morgan fingerprint density at radius 2 is 1.88 bits per heavy atom. The van der Waals surface area contributed by atoms with E-state index in [9.17, 15) is 4.39 Å². The maximum Gasteiger partial charge on any atom is 0.123 e. The largest absolute Gasteiger partial charge is 0.312 e. The lowest BCUT2D eigenvalue weighted by Crippen LogP contribution is -2.36. The molecule has 0 saturated carbocycles. The van der Waals surface area contributed by atoms with E-state index >= 15 is 0 Å². The van der Waals surface area contributed by atoms with Crippen molar-refractivity contribution in [1.82, 2.24) is 5.32 Å². The summed E-state index contributed by atoms with van der Waals surface area (Å²) in [5.41, 5.74) is 2.53. The minimum Gasteiger partial charge on any atom is -0.312 e. The predicted octanol–water partition coefficient (Wildman–Crippen LogP) is 3.84. The summed E-state index contributed by atoms with van der Waals surface area (Å²) in [7, 11) is 0. The van der Waals surface area contributed by atoms with Gasteiger partial charge >= 0.3 is 0 Å². The van der Waals surface area contributed by atoms with Gasteiger partial charge in [0.2, 0.25) is 0 Å². The van der Waals surface area contributed by atoms with Gasteiger partial charge in [-0.2, -0.15) is 0 Å². The summed E-state index contributed by atoms with van der Waals surface area (Å²) in [5, 5.41) is 3.47. The smallest absolute Gasteiger partial charge is 0.123 e. The predicted molar refractivity (Wildman–Crippen MR) is 71.8 cm³/mol. The summed E-state index contributed by atoms with van der Waals surface area (Å²) in [6.45, 7) is 9.56. The highest BCUT2D eigenvalue weighted by atomic mass is 19.1. The van der Waals surface area contributed by atoms with Gasteiger partial charge in [-0.05, 0) is 76.8 Å². The van der Waals surface area contributed by atoms with Crippen LogP contribution in [0.5, 0.6) is 0 Å². The average Bonchev–Trinajstić information content (AvgIpc) is 2.18. The van der Waals surface area contributed by atoms with Crippen LogP contribution in [-0.4, -0.2) is 12.1 Å². The van der Waals surface area contributed by atoms with Gasteiger partial charge in [0.05, 0.1) is 0 Å². The summed E-state index contributed by atoms with van der Waals surface area (Å²) in [6, 6.07) is 5.07. The van der Waals surface area contributed by atoms with Crippen LogP contribution in [0.2, 0.25) is 0 Å². The van der Waals surface area contributed by atoms with Crippen molar-refractivity contribution in [3.63, 3.8) is 0 Å². The van der Waals surface area contributed by atoms with Crippen molar-refractivity contribution < 1.29 is 4.39 Å². The Balaban J connectivity index is 2.27. The normalized spacial score (nSPS) is 11.8. The lowest BCUT2D eigenvalue weighted by atomic mass is 10.0. The highest BCUT2D eigenvalue weighted by molar-refractivity contribution is 5.26. The molecule has 0 aliphatic carbocycles. The van der Waals surface area contributed by atoms with Crippen molar-refractivity contribution in [2.24, 2.45) is 0 Å². The van der Waals surface area contributed by atoms with E-state index in [0.29, 0.717) is 0 Å². The molecule has 0 aliphatic rings. The molecule has 1 rings (SSSR count). The van der Waals surface area contributed by atoms with Crippen LogP contribution in [0.15, 0.2) is 18.2 Å². The highest BCUT2D eigenvalue weighted by Crippen LogP contribution is 2.13. The average molecular weight is 237 g/mol. The fraction of sp³-hybridized carbons (Fsp3) is 0.600. The molecule has 0 bridgehead atoms. The minimum absolute atomic E-state index is 0.138. The number of halogens is 1. The Bertz CT molecular complexity index is 352. The van der Waals surface area contributed by atoms with Gasteiger partial charge in [-0.15, -0.1) is 0 Å². The molecule has 0 amide bonds. The lowest BCUT2D eigenvalue weighted by Gasteiger charge is -2.20. The summed E-state index contributed by atoms with van der Waals surface area (Å²) in [4.78, 5) is 0. The Labute approximate surface area is 104 Å². The van der Waals surface area contributed by atoms with Crippen molar-refractivity contribution in [3.8, 4) is 0 Å². The zero-order valence-electron chi connectivity index (χ0n) is 11.4. The first-order valence-electron chi connectivity index (χ1n) is 6.38. The third kappa shape index (κ3) is 5.83. The molecule has 0 unspecified atom stereocenters. The second-order valence-corrected chi connectivity index (χ2v) is 5.70. The van der Waals surface area contributed by atoms with Gasteiger partial charge in [0.25, 0.3) is 0 Å². The fourth-order valence-corrected chi connectivity index (χ4v) is 1.84. The number of unbranched alkanes of at least 4 members (excludes halogenated alkanes) is 1. The standard InChI is InChI=1S/C15H24FN/c1-12-11-14(16)9-8-13(12)7-5-6-10-17-15(2,3)4/h8-9,11,17H,5-7,10H2,1-4H3. The maximum atomic E-state index is 12.9. The van der Waals surface area contributed by atoms with Crippen molar-refractivity contribution in [3.05, 3.63) is 35.1 Å². The van der Waals surface area contributed by atoms with E-state index in [4.69, 9.17) is 0 Å². The third-order valence-corrected chi connectivity index (χ3v) is 2.83. The number of nitrogens with one attached hydrogen (secondary N) is 1. The van der Waals surface area contributed by atoms with Gasteiger partial charge in [0.15, 0.2) is 0 Å². The van der Waals surface area contributed by atoms with Crippen molar-refractivity contribution >= 4 is 0 Å². The molecule has 0 saturated heterocycles. The van der Waals surface area contributed by atoms with Crippen LogP contribution in [0.1, 0.15) is 44.7 Å². The molecule has 0 heterocycles. The van der Waals surface area contributed by atoms with Crippen LogP contribution in [0, 0.1) is 12.7 Å². The monoisotopic (exact) mass is 237 g/mol. The van der Waals surface area contributed by atoms with Crippen LogP contribution in [-0.2, 0) is 6.42 Å². The van der Waals surface area contributed by atoms with Gasteiger partial charge < -0.3 is 5.32 Å². The molecule has 1 nitrogen and oxygen atoms in total. The number of hydrogen-bond acceptors (Lipinski definition) is 1. The number of rotatable bonds is 5. The Kier molecular flexibility index (Phi) is 5.13. The van der Waals surface area contributed by atoms with Crippen molar-refractivity contribution in [2.45, 2.75) is 52.5 Å². The molecular weight excluding hydrogens is 213 g/mol. The molecule has 0 fully saturated rings. The van der Waals surface area contributed by atoms with Gasteiger partial charge in [-0.25, -0.2) is 4.39 Å². The lowest BCUT2D eigenvalue weighted by molar-refractivity contribution is 0.419. The molecule has 0 aromatic heterocycles. The van der Waals surface area contributed by atoms with Crippen LogP contribution >= 0.6 is 0 Å². The van der Waals surface area contributed by atoms with E-state index in [-0.39, 0.29) is 11.4 Å². The molecule has 2 heteroatoms. The van der Waals surface area contributed by atoms with Crippen molar-refractivity contribution in [2.75, 3.05) is 6.54 Å². The van der Waals surface area contributed by atoms with Gasteiger partial charge in [-0.1, -0.05) is 6.07 Å². The molecule has 0 radical (unpaired) electrons. The molecule has 1 aromatic rings. The van der Waals surface area contributed by atoms with E-state index < -0.39 is 0 Å². The summed E-state index contributed by atoms with van der Waals surface area (Å²) in [6.07, 6.45) is 3.35. The van der Waals surface area contributed by atoms with Crippen LogP contribution in [0.4, 0.5) is 4.39 Å². The Morgan fingerprint density at radius 3 is 2.47 bits per heavy atom. The van der Waals surface area contributed by atoms with Crippen LogP contribution in [0.25, 0.3) is 0 Å². The van der Waals surface area contributed by atoms with E-state index in [0.717, 1.165) is 31.4 Å². The first-order chi connectivity index (χ1) is 7.88. The zero-order chi connectivity index (χ0) is 12.9. The van der Waals surface area contributed by atoms with E-state index in [2.05, 4.69) is 26.1 Å². The molecule has 1 aromatic carbocycles. The summed E-state index contributed by atoms with van der Waals surface area (Å²) in [5.74, 6) is -0.138. The fourth-order valence-electron chi connectivity index (χ4n) is 1.84. The molecular formula is C15H24FN. The summed E-state index contributed by atoms with van der Waals surface area (Å²) >= 11 is 0. The number of aryl methyl sites for hydroxylation is 2. The molecule has 0 aliphatic heterocycles. The number of hydrogen-bond donors (Lipinski definition) is 1. The Morgan fingerprint density at radius 1 is 1.18 bits per heavy atom. The molecule has 0 atom stereocenters. The third-order valence-electron chi connectivity index (χ3n) is 2.83. The van der Waals surface area contributed by atoms with Gasteiger partial charge in [-0.3, -0.25) is 0 Å². The quantitative estimate of drug-likeness (QED) is 0.767. The second-order valence-electron chi connectivity index (χ2n) is 5.70. The highest BCUT2D eigenvalue weighted by Gasteiger charge is 2.07. The number of benzene rings is 1. The molecule has 96 valence electrons. The van der Waals surface area contributed by atoms with Gasteiger partial charge in [0.1, 0.15) is 5.82 Å².